The van der Waals surface area contributed by atoms with Crippen molar-refractivity contribution in [2.45, 2.75) is 57.0 Å². The molecule has 0 saturated carbocycles. The van der Waals surface area contributed by atoms with E-state index >= 15 is 0 Å². The maximum atomic E-state index is 12.9. The molecule has 5 unspecified atom stereocenters. The number of amides is 2. The third-order valence-corrected chi connectivity index (χ3v) is 8.56. The van der Waals surface area contributed by atoms with Crippen LogP contribution < -0.4 is 10.6 Å². The van der Waals surface area contributed by atoms with Crippen LogP contribution in [-0.4, -0.2) is 54.9 Å². The van der Waals surface area contributed by atoms with Crippen LogP contribution in [0, 0.1) is 0 Å². The number of urea groups is 1. The van der Waals surface area contributed by atoms with Crippen molar-refractivity contribution in [2.24, 2.45) is 0 Å². The molecule has 0 radical (unpaired) electrons. The summed E-state index contributed by atoms with van der Waals surface area (Å²) in [5, 5.41) is 15.1. The Morgan fingerprint density at radius 2 is 1.51 bits per heavy atom. The number of carbonyl (C=O) groups excluding carboxylic acids is 2. The Balaban J connectivity index is 1.27. The van der Waals surface area contributed by atoms with Gasteiger partial charge in [0, 0.05) is 36.7 Å². The largest absolute Gasteiger partial charge is 0.467 e. The predicted octanol–water partition coefficient (Wildman–Crippen LogP) is 6.32. The molecule has 9 heteroatoms. The first-order valence-electron chi connectivity index (χ1n) is 15.9. The highest BCUT2D eigenvalue weighted by atomic mass is 16.7. The van der Waals surface area contributed by atoms with Crippen LogP contribution in [0.4, 0.5) is 10.5 Å². The normalized spacial score (nSPS) is 19.0. The van der Waals surface area contributed by atoms with Gasteiger partial charge >= 0.3 is 12.0 Å². The van der Waals surface area contributed by atoms with Gasteiger partial charge in [-0.3, -0.25) is 4.90 Å². The third kappa shape index (κ3) is 9.27. The summed E-state index contributed by atoms with van der Waals surface area (Å²) < 4.78 is 18.0. The van der Waals surface area contributed by atoms with Gasteiger partial charge in [0.15, 0.2) is 6.29 Å². The van der Waals surface area contributed by atoms with Gasteiger partial charge < -0.3 is 30.0 Å². The van der Waals surface area contributed by atoms with Crippen LogP contribution in [0.25, 0.3) is 0 Å². The number of benzene rings is 4. The molecule has 1 heterocycles. The number of methoxy groups -OCH3 is 1. The van der Waals surface area contributed by atoms with Crippen molar-refractivity contribution >= 4 is 17.7 Å². The molecule has 9 nitrogen and oxygen atoms in total. The van der Waals surface area contributed by atoms with E-state index in [0.29, 0.717) is 25.1 Å². The fraction of sp³-hybridized carbons (Fsp3) is 0.316. The maximum Gasteiger partial charge on any atom is 0.328 e. The third-order valence-electron chi connectivity index (χ3n) is 8.56. The first-order valence-corrected chi connectivity index (χ1v) is 15.9. The standard InChI is InChI=1S/C38H43N3O6/c1-26(29-12-8-5-9-13-29)41(2)24-33-23-35(30-16-14-28(25-42)15-17-30)47-37(46-33)31-18-20-32(21-19-31)39-38(44)40-34(36(43)45-3)22-27-10-6-4-7-11-27/h4-21,26,33-35,37,42H,22-25H2,1-3H3,(H2,39,40,44). The molecule has 4 aromatic rings. The highest BCUT2D eigenvalue weighted by molar-refractivity contribution is 5.92. The van der Waals surface area contributed by atoms with Gasteiger partial charge in [-0.1, -0.05) is 97.1 Å². The number of rotatable bonds is 12. The molecule has 1 aliphatic rings. The van der Waals surface area contributed by atoms with Crippen molar-refractivity contribution in [1.82, 2.24) is 10.2 Å². The molecule has 47 heavy (non-hydrogen) atoms. The van der Waals surface area contributed by atoms with Crippen LogP contribution in [-0.2, 0) is 32.0 Å². The Bertz CT molecular complexity index is 1570. The smallest absolute Gasteiger partial charge is 0.328 e. The number of nitrogens with zero attached hydrogens (tertiary/aromatic N) is 1. The molecule has 0 spiro atoms. The summed E-state index contributed by atoms with van der Waals surface area (Å²) in [7, 11) is 3.40. The molecule has 5 rings (SSSR count). The number of ether oxygens (including phenoxy) is 3. The summed E-state index contributed by atoms with van der Waals surface area (Å²) in [4.78, 5) is 27.5. The Kier molecular flexibility index (Phi) is 11.8. The second-order valence-electron chi connectivity index (χ2n) is 11.9. The first kappa shape index (κ1) is 33.8. The predicted molar refractivity (Wildman–Crippen MR) is 180 cm³/mol. The summed E-state index contributed by atoms with van der Waals surface area (Å²) in [6.07, 6.45) is 0.0198. The number of esters is 1. The van der Waals surface area contributed by atoms with Crippen LogP contribution in [0.3, 0.4) is 0 Å². The Hall–Kier alpha value is -4.54. The number of aliphatic hydroxyl groups excluding tert-OH is 1. The van der Waals surface area contributed by atoms with Gasteiger partial charge in [0.05, 0.1) is 25.9 Å². The van der Waals surface area contributed by atoms with Crippen molar-refractivity contribution in [3.63, 3.8) is 0 Å². The lowest BCUT2D eigenvalue weighted by atomic mass is 9.99. The number of hydrogen-bond donors (Lipinski definition) is 3. The minimum absolute atomic E-state index is 0.0168. The van der Waals surface area contributed by atoms with E-state index in [2.05, 4.69) is 53.8 Å². The van der Waals surface area contributed by atoms with Gasteiger partial charge in [-0.25, -0.2) is 9.59 Å². The van der Waals surface area contributed by atoms with Crippen LogP contribution in [0.2, 0.25) is 0 Å². The zero-order chi connectivity index (χ0) is 33.2. The van der Waals surface area contributed by atoms with Gasteiger partial charge in [0.1, 0.15) is 6.04 Å². The molecule has 0 aromatic heterocycles. The minimum Gasteiger partial charge on any atom is -0.467 e. The molecule has 1 aliphatic heterocycles. The van der Waals surface area contributed by atoms with Crippen molar-refractivity contribution in [3.8, 4) is 0 Å². The van der Waals surface area contributed by atoms with E-state index in [-0.39, 0.29) is 24.9 Å². The van der Waals surface area contributed by atoms with Crippen molar-refractivity contribution < 1.29 is 28.9 Å². The molecule has 5 atom stereocenters. The molecule has 3 N–H and O–H groups in total. The summed E-state index contributed by atoms with van der Waals surface area (Å²) in [6, 6.07) is 33.8. The monoisotopic (exact) mass is 637 g/mol. The van der Waals surface area contributed by atoms with Gasteiger partial charge in [0.2, 0.25) is 0 Å². The van der Waals surface area contributed by atoms with Gasteiger partial charge in [-0.15, -0.1) is 0 Å². The highest BCUT2D eigenvalue weighted by Gasteiger charge is 2.33. The fourth-order valence-corrected chi connectivity index (χ4v) is 5.73. The number of likely N-dealkylation sites (N-methyl/N-ethyl adjacent to an activating group) is 1. The minimum atomic E-state index is -0.839. The number of hydrogen-bond acceptors (Lipinski definition) is 7. The molecule has 1 saturated heterocycles. The van der Waals surface area contributed by atoms with Crippen molar-refractivity contribution in [2.75, 3.05) is 26.0 Å². The maximum absolute atomic E-state index is 12.9. The fourth-order valence-electron chi connectivity index (χ4n) is 5.73. The van der Waals surface area contributed by atoms with E-state index in [1.54, 1.807) is 12.1 Å². The average molecular weight is 638 g/mol. The summed E-state index contributed by atoms with van der Waals surface area (Å²) in [5.74, 6) is -0.523. The summed E-state index contributed by atoms with van der Waals surface area (Å²) in [5.41, 5.74) is 5.37. The zero-order valence-corrected chi connectivity index (χ0v) is 27.0. The molecule has 1 fully saturated rings. The number of anilines is 1. The molecule has 246 valence electrons. The van der Waals surface area contributed by atoms with Gasteiger partial charge in [-0.05, 0) is 48.4 Å². The highest BCUT2D eigenvalue weighted by Crippen LogP contribution is 2.39. The van der Waals surface area contributed by atoms with E-state index in [1.807, 2.05) is 72.8 Å². The SMILES string of the molecule is COC(=O)C(Cc1ccccc1)NC(=O)Nc1ccc(C2OC(CN(C)C(C)c3ccccc3)CC(c3ccc(CO)cc3)O2)cc1. The van der Waals surface area contributed by atoms with E-state index in [1.165, 1.54) is 12.7 Å². The second-order valence-corrected chi connectivity index (χ2v) is 11.9. The van der Waals surface area contributed by atoms with Gasteiger partial charge in [-0.2, -0.15) is 0 Å². The van der Waals surface area contributed by atoms with Crippen LogP contribution >= 0.6 is 0 Å². The second kappa shape index (κ2) is 16.3. The van der Waals surface area contributed by atoms with E-state index < -0.39 is 24.3 Å². The lowest BCUT2D eigenvalue weighted by Crippen LogP contribution is -2.45. The Morgan fingerprint density at radius 1 is 0.872 bits per heavy atom. The summed E-state index contributed by atoms with van der Waals surface area (Å²) in [6.45, 7) is 2.87. The van der Waals surface area contributed by atoms with E-state index in [0.717, 1.165) is 22.3 Å². The zero-order valence-electron chi connectivity index (χ0n) is 27.0. The van der Waals surface area contributed by atoms with Crippen LogP contribution in [0.15, 0.2) is 109 Å². The first-order chi connectivity index (χ1) is 22.8. The van der Waals surface area contributed by atoms with E-state index in [4.69, 9.17) is 14.2 Å². The molecular weight excluding hydrogens is 594 g/mol. The molecule has 0 bridgehead atoms. The topological polar surface area (TPSA) is 109 Å². The van der Waals surface area contributed by atoms with Crippen LogP contribution in [0.1, 0.15) is 59.6 Å². The molecule has 0 aliphatic carbocycles. The number of nitrogens with one attached hydrogen (secondary N) is 2. The molecule has 4 aromatic carbocycles. The lowest BCUT2D eigenvalue weighted by Gasteiger charge is -2.39. The van der Waals surface area contributed by atoms with Gasteiger partial charge in [0.25, 0.3) is 0 Å². The van der Waals surface area contributed by atoms with Crippen molar-refractivity contribution in [1.29, 1.82) is 0 Å². The Labute approximate surface area is 276 Å². The molecule has 2 amide bonds. The number of aliphatic hydroxyl groups is 1. The lowest BCUT2D eigenvalue weighted by molar-refractivity contribution is -0.253. The average Bonchev–Trinajstić information content (AvgIpc) is 3.11. The van der Waals surface area contributed by atoms with E-state index in [9.17, 15) is 14.7 Å². The summed E-state index contributed by atoms with van der Waals surface area (Å²) >= 11 is 0. The quantitative estimate of drug-likeness (QED) is 0.156. The number of carbonyl (C=O) groups is 2. The Morgan fingerprint density at radius 3 is 2.15 bits per heavy atom. The van der Waals surface area contributed by atoms with Crippen molar-refractivity contribution in [3.05, 3.63) is 137 Å². The van der Waals surface area contributed by atoms with Crippen LogP contribution in [0.5, 0.6) is 0 Å². The molecular formula is C38H43N3O6.